The second-order valence-corrected chi connectivity index (χ2v) is 8.96. The molecule has 1 aliphatic heterocycles. The van der Waals surface area contributed by atoms with E-state index < -0.39 is 6.10 Å². The first kappa shape index (κ1) is 19.6. The highest BCUT2D eigenvalue weighted by Gasteiger charge is 2.50. The summed E-state index contributed by atoms with van der Waals surface area (Å²) in [6.07, 6.45) is 6.18. The Balaban J connectivity index is 1.62. The van der Waals surface area contributed by atoms with E-state index in [4.69, 9.17) is 9.47 Å². The molecule has 153 valence electrons. The van der Waals surface area contributed by atoms with E-state index in [1.54, 1.807) is 7.11 Å². The van der Waals surface area contributed by atoms with Crippen molar-refractivity contribution < 1.29 is 19.4 Å². The van der Waals surface area contributed by atoms with Crippen molar-refractivity contribution in [2.75, 3.05) is 20.2 Å². The van der Waals surface area contributed by atoms with Gasteiger partial charge < -0.3 is 19.5 Å². The number of hydrogen-bond donors (Lipinski definition) is 1. The molecule has 3 fully saturated rings. The molecule has 2 saturated carbocycles. The zero-order valence-corrected chi connectivity index (χ0v) is 17.2. The maximum Gasteiger partial charge on any atom is 0.229 e. The van der Waals surface area contributed by atoms with Crippen LogP contribution in [0.5, 0.6) is 11.5 Å². The third kappa shape index (κ3) is 3.61. The first-order valence-electron chi connectivity index (χ1n) is 10.6. The van der Waals surface area contributed by atoms with Crippen LogP contribution in [0.15, 0.2) is 18.2 Å². The van der Waals surface area contributed by atoms with E-state index >= 15 is 0 Å². The van der Waals surface area contributed by atoms with E-state index in [0.29, 0.717) is 13.1 Å². The second kappa shape index (κ2) is 7.58. The molecule has 4 rings (SSSR count). The summed E-state index contributed by atoms with van der Waals surface area (Å²) in [7, 11) is 1.67. The number of rotatable bonds is 6. The average Bonchev–Trinajstić information content (AvgIpc) is 3.29. The highest BCUT2D eigenvalue weighted by molar-refractivity contribution is 5.93. The summed E-state index contributed by atoms with van der Waals surface area (Å²) in [6.45, 7) is 5.15. The molecular formula is C23H32NO4. The first-order chi connectivity index (χ1) is 13.4. The quantitative estimate of drug-likeness (QED) is 0.810. The van der Waals surface area contributed by atoms with Crippen LogP contribution in [0.25, 0.3) is 0 Å². The SMILES string of the molecule is COc1ccc([C@@H]2CN(C(=O)[C]3CC3)C[C@@]2(C)[C@@H](C)O)cc1OC1CCCC1. The Morgan fingerprint density at radius 1 is 1.25 bits per heavy atom. The highest BCUT2D eigenvalue weighted by atomic mass is 16.5. The van der Waals surface area contributed by atoms with Gasteiger partial charge in [-0.25, -0.2) is 0 Å². The van der Waals surface area contributed by atoms with Crippen LogP contribution in [-0.4, -0.2) is 48.3 Å². The van der Waals surface area contributed by atoms with Gasteiger partial charge in [0, 0.05) is 24.4 Å². The van der Waals surface area contributed by atoms with Crippen molar-refractivity contribution in [3.8, 4) is 11.5 Å². The number of aliphatic hydroxyl groups is 1. The van der Waals surface area contributed by atoms with Gasteiger partial charge in [-0.1, -0.05) is 13.0 Å². The van der Waals surface area contributed by atoms with Gasteiger partial charge in [0.05, 0.1) is 25.2 Å². The number of ether oxygens (including phenoxy) is 2. The second-order valence-electron chi connectivity index (χ2n) is 8.96. The standard InChI is InChI=1S/C23H32NO4/c1-15(25)23(2)14-24(22(26)16-8-9-16)13-19(23)17-10-11-20(27-3)21(12-17)28-18-6-4-5-7-18/h10-12,15,18-19,25H,4-9,13-14H2,1-3H3/t15-,19+,23+/m1/s1. The van der Waals surface area contributed by atoms with Gasteiger partial charge >= 0.3 is 0 Å². The zero-order chi connectivity index (χ0) is 19.9. The van der Waals surface area contributed by atoms with E-state index in [0.717, 1.165) is 48.7 Å². The molecule has 28 heavy (non-hydrogen) atoms. The fourth-order valence-electron chi connectivity index (χ4n) is 4.77. The Labute approximate surface area is 168 Å². The summed E-state index contributed by atoms with van der Waals surface area (Å²) in [5, 5.41) is 10.6. The predicted molar refractivity (Wildman–Crippen MR) is 107 cm³/mol. The molecule has 1 saturated heterocycles. The van der Waals surface area contributed by atoms with E-state index in [9.17, 15) is 9.90 Å². The lowest BCUT2D eigenvalue weighted by Gasteiger charge is -2.34. The Bertz CT molecular complexity index is 723. The molecule has 3 aliphatic rings. The van der Waals surface area contributed by atoms with Gasteiger partial charge in [0.15, 0.2) is 11.5 Å². The van der Waals surface area contributed by atoms with Gasteiger partial charge in [-0.3, -0.25) is 4.79 Å². The summed E-state index contributed by atoms with van der Waals surface area (Å²) in [5.74, 6) is 2.78. The van der Waals surface area contributed by atoms with Crippen LogP contribution in [0.1, 0.15) is 63.9 Å². The molecule has 1 heterocycles. The summed E-state index contributed by atoms with van der Waals surface area (Å²) >= 11 is 0. The summed E-state index contributed by atoms with van der Waals surface area (Å²) in [4.78, 5) is 14.6. The fourth-order valence-corrected chi connectivity index (χ4v) is 4.77. The fraction of sp³-hybridized carbons (Fsp3) is 0.652. The number of likely N-dealkylation sites (tertiary alicyclic amines) is 1. The number of methoxy groups -OCH3 is 1. The van der Waals surface area contributed by atoms with Crippen LogP contribution in [0.3, 0.4) is 0 Å². The molecular weight excluding hydrogens is 354 g/mol. The minimum absolute atomic E-state index is 0.0626. The van der Waals surface area contributed by atoms with Crippen LogP contribution in [0.2, 0.25) is 0 Å². The third-order valence-corrected chi connectivity index (χ3v) is 6.96. The molecule has 1 radical (unpaired) electrons. The Morgan fingerprint density at radius 3 is 2.57 bits per heavy atom. The van der Waals surface area contributed by atoms with Crippen molar-refractivity contribution >= 4 is 5.91 Å². The summed E-state index contributed by atoms with van der Waals surface area (Å²) in [6, 6.07) is 6.09. The molecule has 1 aromatic rings. The molecule has 0 bridgehead atoms. The topological polar surface area (TPSA) is 59.0 Å². The number of amides is 1. The lowest BCUT2D eigenvalue weighted by atomic mass is 9.72. The Morgan fingerprint density at radius 2 is 1.96 bits per heavy atom. The van der Waals surface area contributed by atoms with E-state index in [2.05, 4.69) is 19.1 Å². The van der Waals surface area contributed by atoms with Gasteiger partial charge in [-0.15, -0.1) is 0 Å². The highest BCUT2D eigenvalue weighted by Crippen LogP contribution is 2.48. The van der Waals surface area contributed by atoms with Crippen molar-refractivity contribution in [2.24, 2.45) is 5.41 Å². The van der Waals surface area contributed by atoms with Crippen molar-refractivity contribution in [1.82, 2.24) is 4.90 Å². The molecule has 0 unspecified atom stereocenters. The molecule has 1 aromatic carbocycles. The minimum Gasteiger partial charge on any atom is -0.493 e. The Kier molecular flexibility index (Phi) is 5.30. The van der Waals surface area contributed by atoms with Gasteiger partial charge in [0.25, 0.3) is 0 Å². The lowest BCUT2D eigenvalue weighted by Crippen LogP contribution is -2.38. The van der Waals surface area contributed by atoms with Gasteiger partial charge in [0.2, 0.25) is 5.91 Å². The van der Waals surface area contributed by atoms with Crippen molar-refractivity contribution in [3.05, 3.63) is 29.7 Å². The van der Waals surface area contributed by atoms with Crippen LogP contribution in [0.4, 0.5) is 0 Å². The summed E-state index contributed by atoms with van der Waals surface area (Å²) in [5.41, 5.74) is 0.720. The molecule has 5 nitrogen and oxygen atoms in total. The molecule has 3 atom stereocenters. The average molecular weight is 387 g/mol. The maximum atomic E-state index is 12.7. The monoisotopic (exact) mass is 386 g/mol. The van der Waals surface area contributed by atoms with Gasteiger partial charge in [-0.05, 0) is 63.1 Å². The van der Waals surface area contributed by atoms with Crippen molar-refractivity contribution in [3.63, 3.8) is 0 Å². The van der Waals surface area contributed by atoms with Gasteiger partial charge in [-0.2, -0.15) is 0 Å². The molecule has 2 aliphatic carbocycles. The lowest BCUT2D eigenvalue weighted by molar-refractivity contribution is -0.127. The number of benzene rings is 1. The van der Waals surface area contributed by atoms with Crippen LogP contribution < -0.4 is 9.47 Å². The number of carbonyl (C=O) groups excluding carboxylic acids is 1. The van der Waals surface area contributed by atoms with Crippen LogP contribution >= 0.6 is 0 Å². The molecule has 1 N–H and O–H groups in total. The van der Waals surface area contributed by atoms with E-state index in [1.807, 2.05) is 17.9 Å². The molecule has 1 amide bonds. The molecule has 5 heteroatoms. The normalized spacial score (nSPS) is 29.1. The number of hydrogen-bond acceptors (Lipinski definition) is 4. The van der Waals surface area contributed by atoms with Gasteiger partial charge in [0.1, 0.15) is 0 Å². The molecule has 0 aromatic heterocycles. The largest absolute Gasteiger partial charge is 0.493 e. The van der Waals surface area contributed by atoms with Crippen LogP contribution in [-0.2, 0) is 4.79 Å². The number of carbonyl (C=O) groups is 1. The first-order valence-corrected chi connectivity index (χ1v) is 10.6. The predicted octanol–water partition coefficient (Wildman–Crippen LogP) is 3.70. The Hall–Kier alpha value is -1.75. The van der Waals surface area contributed by atoms with E-state index in [1.165, 1.54) is 12.8 Å². The zero-order valence-electron chi connectivity index (χ0n) is 17.2. The van der Waals surface area contributed by atoms with Crippen LogP contribution in [0, 0.1) is 11.3 Å². The van der Waals surface area contributed by atoms with E-state index in [-0.39, 0.29) is 23.3 Å². The summed E-state index contributed by atoms with van der Waals surface area (Å²) < 4.78 is 11.8. The maximum absolute atomic E-state index is 12.7. The number of nitrogens with zero attached hydrogens (tertiary/aromatic N) is 1. The van der Waals surface area contributed by atoms with Crippen molar-refractivity contribution in [2.45, 2.75) is 70.5 Å². The molecule has 0 spiro atoms. The minimum atomic E-state index is -0.513. The third-order valence-electron chi connectivity index (χ3n) is 6.96. The smallest absolute Gasteiger partial charge is 0.229 e. The number of aliphatic hydroxyl groups excluding tert-OH is 1. The van der Waals surface area contributed by atoms with Crippen molar-refractivity contribution in [1.29, 1.82) is 0 Å².